The van der Waals surface area contributed by atoms with E-state index in [2.05, 4.69) is 15.3 Å². The second kappa shape index (κ2) is 8.12. The maximum Gasteiger partial charge on any atom is 0.306 e. The highest BCUT2D eigenvalue weighted by atomic mass is 16.4. The SMILES string of the molecule is O=C(CCc1nc2ccccc2[nH]c1=O)NC[C@@H]1CCCC[C@@H]1C(=O)O. The number of carbonyl (C=O) groups is 2. The van der Waals surface area contributed by atoms with Gasteiger partial charge in [-0.2, -0.15) is 0 Å². The first-order valence-electron chi connectivity index (χ1n) is 9.02. The van der Waals surface area contributed by atoms with Gasteiger partial charge in [-0.3, -0.25) is 14.4 Å². The predicted octanol–water partition coefficient (Wildman–Crippen LogP) is 1.86. The molecule has 7 nitrogen and oxygen atoms in total. The molecule has 0 unspecified atom stereocenters. The summed E-state index contributed by atoms with van der Waals surface area (Å²) in [6.07, 6.45) is 3.83. The van der Waals surface area contributed by atoms with Crippen molar-refractivity contribution in [2.24, 2.45) is 11.8 Å². The molecule has 3 N–H and O–H groups in total. The molecule has 26 heavy (non-hydrogen) atoms. The Bertz CT molecular complexity index is 861. The van der Waals surface area contributed by atoms with Crippen LogP contribution >= 0.6 is 0 Å². The molecule has 1 fully saturated rings. The van der Waals surface area contributed by atoms with E-state index >= 15 is 0 Å². The Kier molecular flexibility index (Phi) is 5.65. The van der Waals surface area contributed by atoms with Crippen LogP contribution in [0.4, 0.5) is 0 Å². The lowest BCUT2D eigenvalue weighted by atomic mass is 9.79. The van der Waals surface area contributed by atoms with Crippen LogP contribution in [0.15, 0.2) is 29.1 Å². The average molecular weight is 357 g/mol. The highest BCUT2D eigenvalue weighted by molar-refractivity contribution is 5.77. The topological polar surface area (TPSA) is 112 Å². The van der Waals surface area contributed by atoms with E-state index in [9.17, 15) is 19.5 Å². The lowest BCUT2D eigenvalue weighted by molar-refractivity contribution is -0.145. The third kappa shape index (κ3) is 4.28. The van der Waals surface area contributed by atoms with E-state index in [1.165, 1.54) is 0 Å². The molecule has 1 aromatic carbocycles. The number of rotatable bonds is 6. The maximum absolute atomic E-state index is 12.1. The zero-order valence-electron chi connectivity index (χ0n) is 14.5. The molecule has 2 atom stereocenters. The molecular weight excluding hydrogens is 334 g/mol. The van der Waals surface area contributed by atoms with Crippen molar-refractivity contribution in [3.63, 3.8) is 0 Å². The fourth-order valence-electron chi connectivity index (χ4n) is 3.58. The first-order chi connectivity index (χ1) is 12.5. The molecule has 1 amide bonds. The number of fused-ring (bicyclic) bond motifs is 1. The van der Waals surface area contributed by atoms with Gasteiger partial charge in [0.2, 0.25) is 5.91 Å². The normalized spacial score (nSPS) is 20.0. The molecule has 0 radical (unpaired) electrons. The van der Waals surface area contributed by atoms with Crippen molar-refractivity contribution in [1.82, 2.24) is 15.3 Å². The van der Waals surface area contributed by atoms with Gasteiger partial charge in [-0.05, 0) is 30.9 Å². The van der Waals surface area contributed by atoms with Gasteiger partial charge in [0.15, 0.2) is 0 Å². The predicted molar refractivity (Wildman–Crippen MR) is 96.8 cm³/mol. The van der Waals surface area contributed by atoms with Gasteiger partial charge in [-0.15, -0.1) is 0 Å². The van der Waals surface area contributed by atoms with Crippen LogP contribution in [0.2, 0.25) is 0 Å². The van der Waals surface area contributed by atoms with Crippen LogP contribution in [0.5, 0.6) is 0 Å². The van der Waals surface area contributed by atoms with Crippen LogP contribution < -0.4 is 10.9 Å². The molecule has 0 saturated heterocycles. The minimum atomic E-state index is -0.782. The van der Waals surface area contributed by atoms with Crippen molar-refractivity contribution in [2.75, 3.05) is 6.54 Å². The highest BCUT2D eigenvalue weighted by Gasteiger charge is 2.30. The number of carbonyl (C=O) groups excluding carboxylic acids is 1. The summed E-state index contributed by atoms with van der Waals surface area (Å²) in [6.45, 7) is 0.372. The van der Waals surface area contributed by atoms with Gasteiger partial charge >= 0.3 is 5.97 Å². The number of aromatic nitrogens is 2. The molecule has 3 rings (SSSR count). The number of aromatic amines is 1. The number of amides is 1. The van der Waals surface area contributed by atoms with Gasteiger partial charge in [-0.1, -0.05) is 25.0 Å². The van der Waals surface area contributed by atoms with Crippen LogP contribution in [0.3, 0.4) is 0 Å². The first kappa shape index (κ1) is 18.1. The Hall–Kier alpha value is -2.70. The number of nitrogens with zero attached hydrogens (tertiary/aromatic N) is 1. The molecule has 1 aromatic heterocycles. The summed E-state index contributed by atoms with van der Waals surface area (Å²) < 4.78 is 0. The van der Waals surface area contributed by atoms with Crippen molar-refractivity contribution in [3.8, 4) is 0 Å². The van der Waals surface area contributed by atoms with E-state index in [0.29, 0.717) is 29.7 Å². The molecule has 7 heteroatoms. The number of hydrogen-bond acceptors (Lipinski definition) is 4. The van der Waals surface area contributed by atoms with Gasteiger partial charge < -0.3 is 15.4 Å². The zero-order valence-corrected chi connectivity index (χ0v) is 14.5. The number of aliphatic carboxylic acids is 1. The Balaban J connectivity index is 1.55. The molecule has 138 valence electrons. The highest BCUT2D eigenvalue weighted by Crippen LogP contribution is 2.29. The number of para-hydroxylation sites is 2. The average Bonchev–Trinajstić information content (AvgIpc) is 2.64. The third-order valence-electron chi connectivity index (χ3n) is 5.05. The molecular formula is C19H23N3O4. The number of aryl methyl sites for hydroxylation is 1. The molecule has 0 bridgehead atoms. The van der Waals surface area contributed by atoms with E-state index < -0.39 is 5.97 Å². The fraction of sp³-hybridized carbons (Fsp3) is 0.474. The molecule has 0 spiro atoms. The van der Waals surface area contributed by atoms with Gasteiger partial charge in [0.05, 0.1) is 17.0 Å². The zero-order chi connectivity index (χ0) is 18.5. The van der Waals surface area contributed by atoms with Crippen LogP contribution in [0.25, 0.3) is 11.0 Å². The lowest BCUT2D eigenvalue weighted by Crippen LogP contribution is -2.37. The Morgan fingerprint density at radius 2 is 2.00 bits per heavy atom. The minimum absolute atomic E-state index is 0.0209. The van der Waals surface area contributed by atoms with E-state index in [-0.39, 0.29) is 36.1 Å². The van der Waals surface area contributed by atoms with Crippen molar-refractivity contribution in [1.29, 1.82) is 0 Å². The molecule has 0 aliphatic heterocycles. The number of H-pyrrole nitrogens is 1. The molecule has 1 aliphatic rings. The lowest BCUT2D eigenvalue weighted by Gasteiger charge is -2.28. The molecule has 1 heterocycles. The summed E-state index contributed by atoms with van der Waals surface area (Å²) in [5, 5.41) is 12.1. The van der Waals surface area contributed by atoms with Gasteiger partial charge in [0.25, 0.3) is 5.56 Å². The van der Waals surface area contributed by atoms with Crippen molar-refractivity contribution >= 4 is 22.9 Å². The number of carboxylic acid groups (broad SMARTS) is 1. The largest absolute Gasteiger partial charge is 0.481 e. The summed E-state index contributed by atoms with van der Waals surface area (Å²) in [4.78, 5) is 42.6. The number of nitrogens with one attached hydrogen (secondary N) is 2. The van der Waals surface area contributed by atoms with Crippen LogP contribution in [0, 0.1) is 11.8 Å². The van der Waals surface area contributed by atoms with Crippen molar-refractivity contribution in [3.05, 3.63) is 40.3 Å². The third-order valence-corrected chi connectivity index (χ3v) is 5.05. The summed E-state index contributed by atoms with van der Waals surface area (Å²) >= 11 is 0. The maximum atomic E-state index is 12.1. The number of hydrogen-bond donors (Lipinski definition) is 3. The van der Waals surface area contributed by atoms with Crippen LogP contribution in [0.1, 0.15) is 37.8 Å². The summed E-state index contributed by atoms with van der Waals surface area (Å²) in [5.41, 5.74) is 1.41. The smallest absolute Gasteiger partial charge is 0.306 e. The van der Waals surface area contributed by atoms with Crippen molar-refractivity contribution < 1.29 is 14.7 Å². The van der Waals surface area contributed by atoms with Gasteiger partial charge in [0.1, 0.15) is 5.69 Å². The van der Waals surface area contributed by atoms with E-state index in [0.717, 1.165) is 19.3 Å². The van der Waals surface area contributed by atoms with Gasteiger partial charge in [-0.25, -0.2) is 4.98 Å². The van der Waals surface area contributed by atoms with E-state index in [1.807, 2.05) is 18.2 Å². The quantitative estimate of drug-likeness (QED) is 0.730. The summed E-state index contributed by atoms with van der Waals surface area (Å²) in [7, 11) is 0. The molecule has 2 aromatic rings. The van der Waals surface area contributed by atoms with E-state index in [4.69, 9.17) is 0 Å². The first-order valence-corrected chi connectivity index (χ1v) is 9.02. The molecule has 1 aliphatic carbocycles. The van der Waals surface area contributed by atoms with Gasteiger partial charge in [0, 0.05) is 19.4 Å². The van der Waals surface area contributed by atoms with Crippen molar-refractivity contribution in [2.45, 2.75) is 38.5 Å². The Morgan fingerprint density at radius 3 is 2.81 bits per heavy atom. The second-order valence-electron chi connectivity index (χ2n) is 6.82. The van der Waals surface area contributed by atoms with Crippen LogP contribution in [-0.2, 0) is 16.0 Å². The standard InChI is InChI=1S/C19H23N3O4/c23-17(20-11-12-5-1-2-6-13(12)19(25)26)10-9-16-18(24)22-15-8-4-3-7-14(15)21-16/h3-4,7-8,12-13H,1-2,5-6,9-11H2,(H,20,23)(H,22,24)(H,25,26)/t12-,13-/m0/s1. The minimum Gasteiger partial charge on any atom is -0.481 e. The summed E-state index contributed by atoms with van der Waals surface area (Å²) in [6, 6.07) is 7.25. The Morgan fingerprint density at radius 1 is 1.23 bits per heavy atom. The van der Waals surface area contributed by atoms with Crippen LogP contribution in [-0.4, -0.2) is 33.5 Å². The fourth-order valence-corrected chi connectivity index (χ4v) is 3.58. The second-order valence-corrected chi connectivity index (χ2v) is 6.82. The summed E-state index contributed by atoms with van der Waals surface area (Å²) in [5.74, 6) is -1.37. The number of benzene rings is 1. The monoisotopic (exact) mass is 357 g/mol. The van der Waals surface area contributed by atoms with E-state index in [1.54, 1.807) is 6.07 Å². The Labute approximate surface area is 150 Å². The number of carboxylic acids is 1. The molecule has 1 saturated carbocycles.